The lowest BCUT2D eigenvalue weighted by Gasteiger charge is -2.30. The molecule has 0 unspecified atom stereocenters. The van der Waals surface area contributed by atoms with Gasteiger partial charge in [-0.25, -0.2) is 0 Å². The van der Waals surface area contributed by atoms with Crippen LogP contribution in [0.2, 0.25) is 0 Å². The van der Waals surface area contributed by atoms with Crippen molar-refractivity contribution < 1.29 is 4.74 Å². The standard InChI is InChI=1S/C19H24N2OS/c1-4-22-18-13-9-8-12-17(18)20-19(23)21(15(2)3)14-16-10-6-5-7-11-16/h5-13,15H,4,14H2,1-3H3,(H,20,23). The molecule has 1 N–H and O–H groups in total. The van der Waals surface area contributed by atoms with E-state index in [0.29, 0.717) is 17.8 Å². The summed E-state index contributed by atoms with van der Waals surface area (Å²) in [4.78, 5) is 2.17. The third kappa shape index (κ3) is 4.96. The lowest BCUT2D eigenvalue weighted by Crippen LogP contribution is -2.39. The molecular weight excluding hydrogens is 304 g/mol. The summed E-state index contributed by atoms with van der Waals surface area (Å²) in [6, 6.07) is 18.5. The first-order chi connectivity index (χ1) is 11.1. The van der Waals surface area contributed by atoms with Gasteiger partial charge in [-0.3, -0.25) is 0 Å². The second-order valence-electron chi connectivity index (χ2n) is 5.57. The number of para-hydroxylation sites is 2. The highest BCUT2D eigenvalue weighted by Crippen LogP contribution is 2.24. The number of anilines is 1. The molecule has 4 heteroatoms. The van der Waals surface area contributed by atoms with Crippen molar-refractivity contribution in [1.82, 2.24) is 4.90 Å². The van der Waals surface area contributed by atoms with E-state index in [2.05, 4.69) is 48.3 Å². The van der Waals surface area contributed by atoms with E-state index in [0.717, 1.165) is 18.0 Å². The summed E-state index contributed by atoms with van der Waals surface area (Å²) in [6.45, 7) is 7.67. The van der Waals surface area contributed by atoms with Crippen molar-refractivity contribution in [1.29, 1.82) is 0 Å². The monoisotopic (exact) mass is 328 g/mol. The minimum absolute atomic E-state index is 0.300. The van der Waals surface area contributed by atoms with Gasteiger partial charge in [0.05, 0.1) is 12.3 Å². The Balaban J connectivity index is 2.13. The zero-order valence-corrected chi connectivity index (χ0v) is 14.8. The van der Waals surface area contributed by atoms with Gasteiger partial charge in [0.15, 0.2) is 5.11 Å². The molecule has 0 radical (unpaired) electrons. The third-order valence-electron chi connectivity index (χ3n) is 3.51. The van der Waals surface area contributed by atoms with E-state index in [1.165, 1.54) is 5.56 Å². The molecule has 2 aromatic carbocycles. The number of thiocarbonyl (C=S) groups is 1. The van der Waals surface area contributed by atoms with Gasteiger partial charge in [-0.05, 0) is 50.7 Å². The van der Waals surface area contributed by atoms with Crippen LogP contribution in [0.25, 0.3) is 0 Å². The molecule has 2 aromatic rings. The van der Waals surface area contributed by atoms with E-state index in [9.17, 15) is 0 Å². The number of benzene rings is 2. The molecule has 0 aromatic heterocycles. The zero-order chi connectivity index (χ0) is 16.7. The van der Waals surface area contributed by atoms with Gasteiger partial charge < -0.3 is 15.0 Å². The summed E-state index contributed by atoms with van der Waals surface area (Å²) in [6.07, 6.45) is 0. The van der Waals surface area contributed by atoms with Gasteiger partial charge in [-0.2, -0.15) is 0 Å². The number of rotatable bonds is 6. The van der Waals surface area contributed by atoms with E-state index in [1.807, 2.05) is 37.3 Å². The minimum atomic E-state index is 0.300. The molecule has 0 aliphatic carbocycles. The number of nitrogens with one attached hydrogen (secondary N) is 1. The van der Waals surface area contributed by atoms with Crippen LogP contribution in [0.3, 0.4) is 0 Å². The Morgan fingerprint density at radius 1 is 1.09 bits per heavy atom. The number of nitrogens with zero attached hydrogens (tertiary/aromatic N) is 1. The molecule has 3 nitrogen and oxygen atoms in total. The maximum absolute atomic E-state index is 5.66. The van der Waals surface area contributed by atoms with Crippen molar-refractivity contribution in [3.05, 3.63) is 60.2 Å². The lowest BCUT2D eigenvalue weighted by atomic mass is 10.2. The first kappa shape index (κ1) is 17.3. The van der Waals surface area contributed by atoms with Crippen LogP contribution in [0.15, 0.2) is 54.6 Å². The Labute approximate surface area is 144 Å². The Kier molecular flexibility index (Phi) is 6.41. The van der Waals surface area contributed by atoms with Gasteiger partial charge in [0, 0.05) is 12.6 Å². The number of hydrogen-bond acceptors (Lipinski definition) is 2. The summed E-state index contributed by atoms with van der Waals surface area (Å²) >= 11 is 5.64. The summed E-state index contributed by atoms with van der Waals surface area (Å²) in [7, 11) is 0. The summed E-state index contributed by atoms with van der Waals surface area (Å²) in [5.74, 6) is 0.820. The summed E-state index contributed by atoms with van der Waals surface area (Å²) < 4.78 is 5.66. The first-order valence-corrected chi connectivity index (χ1v) is 8.36. The highest BCUT2D eigenvalue weighted by Gasteiger charge is 2.15. The molecule has 0 saturated heterocycles. The second-order valence-corrected chi connectivity index (χ2v) is 5.95. The van der Waals surface area contributed by atoms with Crippen LogP contribution < -0.4 is 10.1 Å². The van der Waals surface area contributed by atoms with Crippen LogP contribution in [-0.2, 0) is 6.54 Å². The number of ether oxygens (including phenoxy) is 1. The van der Waals surface area contributed by atoms with Crippen molar-refractivity contribution in [3.63, 3.8) is 0 Å². The lowest BCUT2D eigenvalue weighted by molar-refractivity contribution is 0.339. The molecule has 0 aliphatic rings. The second kappa shape index (κ2) is 8.53. The molecule has 0 amide bonds. The molecule has 122 valence electrons. The molecule has 2 rings (SSSR count). The van der Waals surface area contributed by atoms with E-state index in [4.69, 9.17) is 17.0 Å². The van der Waals surface area contributed by atoms with Crippen LogP contribution in [0.4, 0.5) is 5.69 Å². The molecule has 0 spiro atoms. The van der Waals surface area contributed by atoms with Crippen molar-refractivity contribution >= 4 is 23.0 Å². The van der Waals surface area contributed by atoms with Gasteiger partial charge in [-0.1, -0.05) is 42.5 Å². The fraction of sp³-hybridized carbons (Fsp3) is 0.316. The topological polar surface area (TPSA) is 24.5 Å². The van der Waals surface area contributed by atoms with E-state index < -0.39 is 0 Å². The Bertz CT molecular complexity index is 628. The van der Waals surface area contributed by atoms with Crippen LogP contribution >= 0.6 is 12.2 Å². The van der Waals surface area contributed by atoms with Crippen LogP contribution in [0.5, 0.6) is 5.75 Å². The summed E-state index contributed by atoms with van der Waals surface area (Å²) in [5, 5.41) is 4.03. The van der Waals surface area contributed by atoms with Crippen LogP contribution in [0.1, 0.15) is 26.3 Å². The smallest absolute Gasteiger partial charge is 0.174 e. The zero-order valence-electron chi connectivity index (χ0n) is 14.0. The highest BCUT2D eigenvalue weighted by molar-refractivity contribution is 7.80. The Morgan fingerprint density at radius 3 is 2.39 bits per heavy atom. The molecule has 23 heavy (non-hydrogen) atoms. The van der Waals surface area contributed by atoms with E-state index >= 15 is 0 Å². The maximum Gasteiger partial charge on any atom is 0.174 e. The van der Waals surface area contributed by atoms with Gasteiger partial charge in [0.2, 0.25) is 0 Å². The van der Waals surface area contributed by atoms with Gasteiger partial charge in [0.1, 0.15) is 5.75 Å². The summed E-state index contributed by atoms with van der Waals surface area (Å²) in [5.41, 5.74) is 2.14. The molecule has 0 aliphatic heterocycles. The van der Waals surface area contributed by atoms with Crippen LogP contribution in [-0.4, -0.2) is 22.7 Å². The van der Waals surface area contributed by atoms with Crippen LogP contribution in [0, 0.1) is 0 Å². The van der Waals surface area contributed by atoms with Gasteiger partial charge in [0.25, 0.3) is 0 Å². The van der Waals surface area contributed by atoms with E-state index in [-0.39, 0.29) is 0 Å². The molecule has 0 atom stereocenters. The average molecular weight is 328 g/mol. The Morgan fingerprint density at radius 2 is 1.74 bits per heavy atom. The predicted octanol–water partition coefficient (Wildman–Crippen LogP) is 4.69. The molecule has 0 saturated carbocycles. The molecule has 0 bridgehead atoms. The molecule has 0 fully saturated rings. The minimum Gasteiger partial charge on any atom is -0.492 e. The van der Waals surface area contributed by atoms with Crippen molar-refractivity contribution in [3.8, 4) is 5.75 Å². The molecular formula is C19H24N2OS. The predicted molar refractivity (Wildman–Crippen MR) is 101 cm³/mol. The fourth-order valence-electron chi connectivity index (χ4n) is 2.31. The van der Waals surface area contributed by atoms with Gasteiger partial charge in [-0.15, -0.1) is 0 Å². The third-order valence-corrected chi connectivity index (χ3v) is 3.85. The van der Waals surface area contributed by atoms with E-state index in [1.54, 1.807) is 0 Å². The molecule has 0 heterocycles. The Hall–Kier alpha value is -2.07. The average Bonchev–Trinajstić information content (AvgIpc) is 2.55. The first-order valence-electron chi connectivity index (χ1n) is 7.95. The van der Waals surface area contributed by atoms with Gasteiger partial charge >= 0.3 is 0 Å². The highest BCUT2D eigenvalue weighted by atomic mass is 32.1. The van der Waals surface area contributed by atoms with Crippen molar-refractivity contribution in [2.24, 2.45) is 0 Å². The normalized spacial score (nSPS) is 10.4. The maximum atomic E-state index is 5.66. The van der Waals surface area contributed by atoms with Crippen molar-refractivity contribution in [2.45, 2.75) is 33.4 Å². The SMILES string of the molecule is CCOc1ccccc1NC(=S)N(Cc1ccccc1)C(C)C. The number of hydrogen-bond donors (Lipinski definition) is 1. The quantitative estimate of drug-likeness (QED) is 0.777. The van der Waals surface area contributed by atoms with Crippen molar-refractivity contribution in [2.75, 3.05) is 11.9 Å². The fourth-order valence-corrected chi connectivity index (χ4v) is 2.69. The largest absolute Gasteiger partial charge is 0.492 e.